The summed E-state index contributed by atoms with van der Waals surface area (Å²) in [5.41, 5.74) is -6.43. The number of allylic oxidation sites excluding steroid dienone is 4. The van der Waals surface area contributed by atoms with Crippen molar-refractivity contribution in [2.45, 2.75) is 81.6 Å². The summed E-state index contributed by atoms with van der Waals surface area (Å²) >= 11 is 0. The molecule has 196 valence electrons. The normalized spacial score (nSPS) is 58.5. The third kappa shape index (κ3) is 1.97. The minimum Gasteiger partial charge on any atom is -0.458 e. The molecule has 1 N–H and O–H groups in total. The van der Waals surface area contributed by atoms with Gasteiger partial charge in [-0.15, -0.1) is 0 Å². The third-order valence-electron chi connectivity index (χ3n) is 12.0. The van der Waals surface area contributed by atoms with E-state index >= 15 is 0 Å². The lowest BCUT2D eigenvalue weighted by Crippen LogP contribution is -2.79. The van der Waals surface area contributed by atoms with Crippen LogP contribution >= 0.6 is 0 Å². The van der Waals surface area contributed by atoms with Crippen molar-refractivity contribution in [1.29, 1.82) is 0 Å². The van der Waals surface area contributed by atoms with Crippen LogP contribution in [0.2, 0.25) is 0 Å². The lowest BCUT2D eigenvalue weighted by molar-refractivity contribution is -0.374. The van der Waals surface area contributed by atoms with E-state index in [0.717, 1.165) is 5.57 Å². The average Bonchev–Trinajstić information content (AvgIpc) is 3.16. The van der Waals surface area contributed by atoms with Crippen molar-refractivity contribution in [3.8, 4) is 0 Å². The maximum Gasteiger partial charge on any atom is 0.342 e. The zero-order valence-electron chi connectivity index (χ0n) is 21.1. The molecule has 0 amide bonds. The molecule has 0 aromatic heterocycles. The van der Waals surface area contributed by atoms with Crippen LogP contribution in [0.3, 0.4) is 0 Å². The highest BCUT2D eigenvalue weighted by atomic mass is 16.8. The van der Waals surface area contributed by atoms with Crippen molar-refractivity contribution < 1.29 is 43.2 Å². The van der Waals surface area contributed by atoms with Gasteiger partial charge in [-0.3, -0.25) is 14.4 Å². The van der Waals surface area contributed by atoms with E-state index in [4.69, 9.17) is 18.9 Å². The second kappa shape index (κ2) is 6.10. The van der Waals surface area contributed by atoms with Crippen LogP contribution in [0.15, 0.2) is 23.8 Å². The summed E-state index contributed by atoms with van der Waals surface area (Å²) in [4.78, 5) is 55.2. The molecule has 9 heteroatoms. The van der Waals surface area contributed by atoms with Crippen molar-refractivity contribution >= 4 is 23.5 Å². The van der Waals surface area contributed by atoms with E-state index in [1.54, 1.807) is 13.0 Å². The van der Waals surface area contributed by atoms with E-state index in [-0.39, 0.29) is 24.6 Å². The highest BCUT2D eigenvalue weighted by Crippen LogP contribution is 2.75. The zero-order valence-corrected chi connectivity index (χ0v) is 21.1. The highest BCUT2D eigenvalue weighted by Gasteiger charge is 2.93. The fourth-order valence-corrected chi connectivity index (χ4v) is 10.0. The Morgan fingerprint density at radius 3 is 2.65 bits per heavy atom. The molecule has 0 radical (unpaired) electrons. The number of hydrogen-bond acceptors (Lipinski definition) is 9. The zero-order chi connectivity index (χ0) is 26.0. The van der Waals surface area contributed by atoms with E-state index in [2.05, 4.69) is 0 Å². The number of rotatable bonds is 0. The Kier molecular flexibility index (Phi) is 3.73. The van der Waals surface area contributed by atoms with Gasteiger partial charge < -0.3 is 24.1 Å². The highest BCUT2D eigenvalue weighted by molar-refractivity contribution is 6.01. The van der Waals surface area contributed by atoms with Crippen molar-refractivity contribution in [3.05, 3.63) is 23.8 Å². The molecule has 5 bridgehead atoms. The minimum absolute atomic E-state index is 0.0380. The summed E-state index contributed by atoms with van der Waals surface area (Å²) in [6.45, 7) is 5.29. The molecule has 8 rings (SSSR count). The molecule has 6 fully saturated rings. The van der Waals surface area contributed by atoms with E-state index in [1.807, 2.05) is 26.0 Å². The number of ether oxygens (including phenoxy) is 4. The Bertz CT molecular complexity index is 1300. The van der Waals surface area contributed by atoms with Crippen LogP contribution in [-0.4, -0.2) is 63.9 Å². The maximum absolute atomic E-state index is 14.8. The van der Waals surface area contributed by atoms with E-state index in [0.29, 0.717) is 25.7 Å². The summed E-state index contributed by atoms with van der Waals surface area (Å²) in [7, 11) is 0. The lowest BCUT2D eigenvalue weighted by Gasteiger charge is -2.63. The van der Waals surface area contributed by atoms with Crippen LogP contribution in [0.5, 0.6) is 0 Å². The fraction of sp³-hybridized carbons (Fsp3) is 0.714. The number of fused-ring (bicyclic) bond motifs is 5. The molecular weight excluding hydrogens is 480 g/mol. The number of carbonyl (C=O) groups excluding carboxylic acids is 4. The van der Waals surface area contributed by atoms with Gasteiger partial charge in [0.25, 0.3) is 0 Å². The van der Waals surface area contributed by atoms with Crippen LogP contribution in [0.1, 0.15) is 52.9 Å². The molecule has 5 aliphatic heterocycles. The molecule has 3 unspecified atom stereocenters. The van der Waals surface area contributed by atoms with Crippen LogP contribution < -0.4 is 0 Å². The summed E-state index contributed by atoms with van der Waals surface area (Å²) in [6, 6.07) is 0. The van der Waals surface area contributed by atoms with Crippen molar-refractivity contribution in [2.75, 3.05) is 6.61 Å². The van der Waals surface area contributed by atoms with Gasteiger partial charge in [0, 0.05) is 5.92 Å². The Morgan fingerprint density at radius 2 is 1.86 bits per heavy atom. The summed E-state index contributed by atoms with van der Waals surface area (Å²) in [6.07, 6.45) is 6.24. The van der Waals surface area contributed by atoms with E-state index in [9.17, 15) is 24.3 Å². The molecule has 9 nitrogen and oxygen atoms in total. The van der Waals surface area contributed by atoms with Gasteiger partial charge in [-0.1, -0.05) is 24.6 Å². The molecule has 0 aromatic rings. The molecule has 8 aliphatic rings. The number of ketones is 2. The van der Waals surface area contributed by atoms with Gasteiger partial charge in [0.2, 0.25) is 5.79 Å². The first-order chi connectivity index (χ1) is 17.4. The monoisotopic (exact) mass is 510 g/mol. The SMILES string of the molecule is CC12C[C@H]3OC(=O)[C@@H]1COC14OC5([C@H]2C1=O)[C@@](O)(CC[C@H]1[C@H]4CC=C2CC=CC(=O)[C@@]21C)C(=O)O[C@@]35C. The van der Waals surface area contributed by atoms with Crippen molar-refractivity contribution in [3.63, 3.8) is 0 Å². The second-order valence-electron chi connectivity index (χ2n) is 13.0. The van der Waals surface area contributed by atoms with E-state index in [1.165, 1.54) is 0 Å². The number of esters is 2. The first kappa shape index (κ1) is 22.6. The quantitative estimate of drug-likeness (QED) is 0.382. The summed E-state index contributed by atoms with van der Waals surface area (Å²) < 4.78 is 25.1. The van der Waals surface area contributed by atoms with Gasteiger partial charge in [-0.25, -0.2) is 4.79 Å². The Labute approximate surface area is 213 Å². The first-order valence-electron chi connectivity index (χ1n) is 13.4. The van der Waals surface area contributed by atoms with Crippen molar-refractivity contribution in [1.82, 2.24) is 0 Å². The minimum atomic E-state index is -2.17. The lowest BCUT2D eigenvalue weighted by atomic mass is 9.46. The van der Waals surface area contributed by atoms with Crippen LogP contribution in [-0.2, 0) is 38.1 Å². The molecule has 2 spiro atoms. The maximum atomic E-state index is 14.8. The summed E-state index contributed by atoms with van der Waals surface area (Å²) in [5, 5.41) is 12.4. The molecule has 1 saturated carbocycles. The van der Waals surface area contributed by atoms with Crippen LogP contribution in [0.4, 0.5) is 0 Å². The largest absolute Gasteiger partial charge is 0.458 e. The second-order valence-corrected chi connectivity index (χ2v) is 13.0. The van der Waals surface area contributed by atoms with E-state index < -0.39 is 75.1 Å². The molecule has 11 atom stereocenters. The topological polar surface area (TPSA) is 125 Å². The molecular formula is C28H30O9. The van der Waals surface area contributed by atoms with Gasteiger partial charge in [0.15, 0.2) is 28.4 Å². The van der Waals surface area contributed by atoms with Crippen LogP contribution in [0, 0.1) is 34.5 Å². The standard InChI is InChI=1S/C28H30O9/c1-23-11-18-25(3)28-19(23)20(30)27(37-28,34-12-16(23)21(31)35-18)15-8-7-13-5-4-6-17(29)24(13,2)14(15)9-10-26(28,33)22(32)36-25/h4,6-7,14-16,18-19,33H,5,8-12H2,1-3H3/t14-,15+,16-,18+,19-,23?,24-,25-,26+,27?,28?/m0/s1. The molecule has 0 aromatic carbocycles. The Morgan fingerprint density at radius 1 is 1.08 bits per heavy atom. The average molecular weight is 511 g/mol. The van der Waals surface area contributed by atoms with Crippen molar-refractivity contribution in [2.24, 2.45) is 34.5 Å². The molecule has 37 heavy (non-hydrogen) atoms. The van der Waals surface area contributed by atoms with Gasteiger partial charge in [0.1, 0.15) is 6.10 Å². The van der Waals surface area contributed by atoms with Gasteiger partial charge in [-0.2, -0.15) is 0 Å². The molecule has 3 aliphatic carbocycles. The number of Topliss-reactive ketones (excluding diaryl/α,β-unsaturated/α-hetero) is 1. The predicted molar refractivity (Wildman–Crippen MR) is 122 cm³/mol. The molecule has 5 saturated heterocycles. The molecule has 5 heterocycles. The number of carbonyl (C=O) groups is 4. The number of hydrogen-bond donors (Lipinski definition) is 1. The number of aliphatic hydroxyl groups is 1. The third-order valence-corrected chi connectivity index (χ3v) is 12.0. The first-order valence-corrected chi connectivity index (χ1v) is 13.4. The summed E-state index contributed by atoms with van der Waals surface area (Å²) in [5.74, 6) is -6.36. The van der Waals surface area contributed by atoms with Gasteiger partial charge >= 0.3 is 11.9 Å². The smallest absolute Gasteiger partial charge is 0.342 e. The predicted octanol–water partition coefficient (Wildman–Crippen LogP) is 1.56. The van der Waals surface area contributed by atoms with Gasteiger partial charge in [0.05, 0.1) is 23.9 Å². The van der Waals surface area contributed by atoms with Crippen LogP contribution in [0.25, 0.3) is 0 Å². The van der Waals surface area contributed by atoms with Gasteiger partial charge in [-0.05, 0) is 63.4 Å². The fourth-order valence-electron chi connectivity index (χ4n) is 10.0. The Balaban J connectivity index is 1.43. The Hall–Kier alpha value is -2.36.